The van der Waals surface area contributed by atoms with Crippen molar-refractivity contribution in [3.63, 3.8) is 0 Å². The molecule has 2 nitrogen and oxygen atoms in total. The fourth-order valence-electron chi connectivity index (χ4n) is 5.20. The van der Waals surface area contributed by atoms with E-state index in [-0.39, 0.29) is 5.41 Å². The number of nitriles is 1. The highest BCUT2D eigenvalue weighted by Crippen LogP contribution is 2.41. The predicted molar refractivity (Wildman–Crippen MR) is 110 cm³/mol. The molecule has 0 aromatic carbocycles. The van der Waals surface area contributed by atoms with Gasteiger partial charge in [-0.3, -0.25) is 0 Å². The number of nitrogens with zero attached hydrogens (tertiary/aromatic N) is 1. The van der Waals surface area contributed by atoms with E-state index in [0.717, 1.165) is 57.0 Å². The Morgan fingerprint density at radius 1 is 0.846 bits per heavy atom. The van der Waals surface area contributed by atoms with Crippen molar-refractivity contribution in [1.82, 2.24) is 0 Å². The fraction of sp³-hybridized carbons (Fsp3) is 0.958. The highest BCUT2D eigenvalue weighted by molar-refractivity contribution is 5.01. The van der Waals surface area contributed by atoms with Crippen molar-refractivity contribution in [2.45, 2.75) is 123 Å². The summed E-state index contributed by atoms with van der Waals surface area (Å²) >= 11 is 0. The van der Waals surface area contributed by atoms with Crippen LogP contribution in [0.4, 0.5) is 0 Å². The van der Waals surface area contributed by atoms with E-state index in [2.05, 4.69) is 19.9 Å². The molecule has 0 aromatic rings. The zero-order valence-electron chi connectivity index (χ0n) is 17.6. The Morgan fingerprint density at radius 2 is 1.50 bits per heavy atom. The zero-order chi connectivity index (χ0) is 18.7. The van der Waals surface area contributed by atoms with E-state index in [1.165, 1.54) is 64.2 Å². The standard InChI is InChI=1S/C24H43NO/c1-3-5-6-7-8-9-21-10-12-22(13-11-21)19-26-23-14-17-24(20-25,16-4-2)18-15-23/h21-23H,3-19H2,1-2H3/t21-,22-,23-,24-. The van der Waals surface area contributed by atoms with Crippen molar-refractivity contribution in [1.29, 1.82) is 5.26 Å². The van der Waals surface area contributed by atoms with Crippen LogP contribution in [0.3, 0.4) is 0 Å². The molecule has 0 bridgehead atoms. The first kappa shape index (κ1) is 21.7. The molecule has 150 valence electrons. The molecule has 2 rings (SSSR count). The van der Waals surface area contributed by atoms with Crippen LogP contribution in [0.25, 0.3) is 0 Å². The van der Waals surface area contributed by atoms with Gasteiger partial charge in [0.05, 0.1) is 17.6 Å². The summed E-state index contributed by atoms with van der Waals surface area (Å²) in [6, 6.07) is 2.62. The van der Waals surface area contributed by atoms with E-state index in [1.807, 2.05) is 0 Å². The van der Waals surface area contributed by atoms with Gasteiger partial charge in [-0.1, -0.05) is 71.6 Å². The number of rotatable bonds is 11. The van der Waals surface area contributed by atoms with Crippen molar-refractivity contribution in [2.75, 3.05) is 6.61 Å². The SMILES string of the molecule is CCCCCCC[C@H]1CC[C@H](CO[C@H]2CC[C@@](C#N)(CCC)CC2)CC1. The van der Waals surface area contributed by atoms with Gasteiger partial charge in [-0.25, -0.2) is 0 Å². The molecule has 2 fully saturated rings. The predicted octanol–water partition coefficient (Wildman–Crippen LogP) is 7.42. The van der Waals surface area contributed by atoms with Crippen molar-refractivity contribution >= 4 is 0 Å². The summed E-state index contributed by atoms with van der Waals surface area (Å²) in [7, 11) is 0. The molecule has 0 aromatic heterocycles. The summed E-state index contributed by atoms with van der Waals surface area (Å²) in [6.45, 7) is 5.46. The highest BCUT2D eigenvalue weighted by atomic mass is 16.5. The van der Waals surface area contributed by atoms with Crippen molar-refractivity contribution < 1.29 is 4.74 Å². The van der Waals surface area contributed by atoms with Crippen LogP contribution in [0.2, 0.25) is 0 Å². The molecule has 2 aliphatic carbocycles. The summed E-state index contributed by atoms with van der Waals surface area (Å²) < 4.78 is 6.29. The molecule has 2 aliphatic rings. The van der Waals surface area contributed by atoms with E-state index in [0.29, 0.717) is 6.10 Å². The van der Waals surface area contributed by atoms with Gasteiger partial charge in [-0.05, 0) is 56.8 Å². The van der Waals surface area contributed by atoms with Gasteiger partial charge in [0.25, 0.3) is 0 Å². The summed E-state index contributed by atoms with van der Waals surface area (Å²) in [5, 5.41) is 9.53. The van der Waals surface area contributed by atoms with Gasteiger partial charge in [0.15, 0.2) is 0 Å². The van der Waals surface area contributed by atoms with E-state index in [4.69, 9.17) is 4.74 Å². The van der Waals surface area contributed by atoms with Crippen LogP contribution in [0.5, 0.6) is 0 Å². The molecule has 26 heavy (non-hydrogen) atoms. The molecule has 0 radical (unpaired) electrons. The first-order valence-corrected chi connectivity index (χ1v) is 11.7. The van der Waals surface area contributed by atoms with Crippen LogP contribution in [-0.2, 0) is 4.74 Å². The lowest BCUT2D eigenvalue weighted by Gasteiger charge is -2.36. The topological polar surface area (TPSA) is 33.0 Å². The smallest absolute Gasteiger partial charge is 0.0689 e. The first-order chi connectivity index (χ1) is 12.7. The molecule has 2 heteroatoms. The summed E-state index contributed by atoms with van der Waals surface area (Å²) in [5.74, 6) is 1.79. The van der Waals surface area contributed by atoms with E-state index < -0.39 is 0 Å². The molecule has 0 heterocycles. The van der Waals surface area contributed by atoms with E-state index in [9.17, 15) is 5.26 Å². The third kappa shape index (κ3) is 7.22. The molecule has 0 N–H and O–H groups in total. The maximum absolute atomic E-state index is 9.53. The minimum atomic E-state index is -0.0379. The second-order valence-electron chi connectivity index (χ2n) is 9.26. The molecular formula is C24H43NO. The number of hydrogen-bond donors (Lipinski definition) is 0. The van der Waals surface area contributed by atoms with Crippen LogP contribution in [-0.4, -0.2) is 12.7 Å². The van der Waals surface area contributed by atoms with Gasteiger partial charge >= 0.3 is 0 Å². The maximum Gasteiger partial charge on any atom is 0.0689 e. The third-order valence-corrected chi connectivity index (χ3v) is 7.11. The van der Waals surface area contributed by atoms with Gasteiger partial charge in [0.1, 0.15) is 0 Å². The number of ether oxygens (including phenoxy) is 1. The Hall–Kier alpha value is -0.550. The molecule has 0 saturated heterocycles. The van der Waals surface area contributed by atoms with Crippen molar-refractivity contribution in [2.24, 2.45) is 17.3 Å². The zero-order valence-corrected chi connectivity index (χ0v) is 17.6. The molecule has 2 saturated carbocycles. The minimum Gasteiger partial charge on any atom is -0.378 e. The van der Waals surface area contributed by atoms with Crippen LogP contribution >= 0.6 is 0 Å². The lowest BCUT2D eigenvalue weighted by molar-refractivity contribution is -0.0183. The number of hydrogen-bond acceptors (Lipinski definition) is 2. The molecule has 0 unspecified atom stereocenters. The molecule has 0 aliphatic heterocycles. The Labute approximate surface area is 163 Å². The van der Waals surface area contributed by atoms with Gasteiger partial charge < -0.3 is 4.74 Å². The molecule has 0 amide bonds. The number of unbranched alkanes of at least 4 members (excludes halogenated alkanes) is 4. The van der Waals surface area contributed by atoms with Crippen molar-refractivity contribution in [3.05, 3.63) is 0 Å². The van der Waals surface area contributed by atoms with Crippen LogP contribution in [0.15, 0.2) is 0 Å². The van der Waals surface area contributed by atoms with Crippen molar-refractivity contribution in [3.8, 4) is 6.07 Å². The fourth-order valence-corrected chi connectivity index (χ4v) is 5.20. The quantitative estimate of drug-likeness (QED) is 0.359. The molecule has 0 atom stereocenters. The van der Waals surface area contributed by atoms with Gasteiger partial charge in [0.2, 0.25) is 0 Å². The maximum atomic E-state index is 9.53. The van der Waals surface area contributed by atoms with E-state index >= 15 is 0 Å². The van der Waals surface area contributed by atoms with Gasteiger partial charge in [0, 0.05) is 6.61 Å². The van der Waals surface area contributed by atoms with Gasteiger partial charge in [-0.15, -0.1) is 0 Å². The average molecular weight is 362 g/mol. The second-order valence-corrected chi connectivity index (χ2v) is 9.26. The average Bonchev–Trinajstić information content (AvgIpc) is 2.68. The minimum absolute atomic E-state index is 0.0379. The van der Waals surface area contributed by atoms with Crippen LogP contribution in [0.1, 0.15) is 117 Å². The Morgan fingerprint density at radius 3 is 2.12 bits per heavy atom. The lowest BCUT2D eigenvalue weighted by Crippen LogP contribution is -2.31. The van der Waals surface area contributed by atoms with Gasteiger partial charge in [-0.2, -0.15) is 5.26 Å². The Balaban J connectivity index is 1.55. The molecular weight excluding hydrogens is 318 g/mol. The summed E-state index contributed by atoms with van der Waals surface area (Å²) in [6.07, 6.45) is 21.1. The highest BCUT2D eigenvalue weighted by Gasteiger charge is 2.35. The van der Waals surface area contributed by atoms with Crippen LogP contribution in [0, 0.1) is 28.6 Å². The lowest BCUT2D eigenvalue weighted by atomic mass is 9.71. The first-order valence-electron chi connectivity index (χ1n) is 11.7. The largest absolute Gasteiger partial charge is 0.378 e. The third-order valence-electron chi connectivity index (χ3n) is 7.11. The normalized spacial score (nSPS) is 32.3. The molecule has 0 spiro atoms. The summed E-state index contributed by atoms with van der Waals surface area (Å²) in [4.78, 5) is 0. The van der Waals surface area contributed by atoms with Crippen LogP contribution < -0.4 is 0 Å². The second kappa shape index (κ2) is 12.0. The Kier molecular flexibility index (Phi) is 10.1. The Bertz CT molecular complexity index is 397. The monoisotopic (exact) mass is 361 g/mol. The van der Waals surface area contributed by atoms with E-state index in [1.54, 1.807) is 0 Å². The summed E-state index contributed by atoms with van der Waals surface area (Å²) in [5.41, 5.74) is -0.0379.